The van der Waals surface area contributed by atoms with Crippen LogP contribution >= 0.6 is 0 Å². The number of nitrogens with zero attached hydrogens (tertiary/aromatic N) is 2. The van der Waals surface area contributed by atoms with E-state index in [1.807, 2.05) is 0 Å². The van der Waals surface area contributed by atoms with Crippen molar-refractivity contribution >= 4 is 5.69 Å². The number of nitro benzene ring substituents is 1. The van der Waals surface area contributed by atoms with Gasteiger partial charge in [-0.2, -0.15) is 0 Å². The van der Waals surface area contributed by atoms with Crippen molar-refractivity contribution in [2.24, 2.45) is 0 Å². The van der Waals surface area contributed by atoms with E-state index in [2.05, 4.69) is 11.1 Å². The quantitative estimate of drug-likeness (QED) is 0.551. The van der Waals surface area contributed by atoms with Gasteiger partial charge >= 0.3 is 0 Å². The average Bonchev–Trinajstić information content (AvgIpc) is 2.30. The van der Waals surface area contributed by atoms with Gasteiger partial charge in [0.25, 0.3) is 5.69 Å². The van der Waals surface area contributed by atoms with Crippen molar-refractivity contribution in [3.63, 3.8) is 0 Å². The molecule has 0 spiro atoms. The molecular weight excluding hydrogens is 192 g/mol. The van der Waals surface area contributed by atoms with Crippen LogP contribution in [0.4, 0.5) is 5.69 Å². The maximum absolute atomic E-state index is 10.6. The first-order chi connectivity index (χ1) is 7.27. The van der Waals surface area contributed by atoms with Crippen LogP contribution in [0.5, 0.6) is 0 Å². The number of aromatic nitrogens is 1. The number of hydrogen-bond donors (Lipinski definition) is 0. The number of hydrogen-bond acceptors (Lipinski definition) is 3. The Hall–Kier alpha value is -2.23. The number of rotatable bonds is 2. The number of non-ortho nitro benzene ring substituents is 1. The zero-order valence-electron chi connectivity index (χ0n) is 7.75. The molecular formula is C11H7N2O2. The molecule has 2 rings (SSSR count). The van der Waals surface area contributed by atoms with E-state index in [0.717, 1.165) is 5.56 Å². The van der Waals surface area contributed by atoms with Crippen molar-refractivity contribution in [1.29, 1.82) is 0 Å². The summed E-state index contributed by atoms with van der Waals surface area (Å²) in [6.07, 6.45) is 1.54. The van der Waals surface area contributed by atoms with Crippen molar-refractivity contribution in [2.45, 2.75) is 0 Å². The predicted molar refractivity (Wildman–Crippen MR) is 55.2 cm³/mol. The lowest BCUT2D eigenvalue weighted by Crippen LogP contribution is -1.88. The first-order valence-corrected chi connectivity index (χ1v) is 4.34. The SMILES string of the molecule is O=[N+]([O-])c1cccc(-c2cc[c]cn2)c1. The lowest BCUT2D eigenvalue weighted by atomic mass is 10.1. The van der Waals surface area contributed by atoms with E-state index in [-0.39, 0.29) is 5.69 Å². The van der Waals surface area contributed by atoms with Gasteiger partial charge in [-0.1, -0.05) is 18.2 Å². The Kier molecular flexibility index (Phi) is 2.41. The summed E-state index contributed by atoms with van der Waals surface area (Å²) < 4.78 is 0. The fourth-order valence-corrected chi connectivity index (χ4v) is 1.27. The first-order valence-electron chi connectivity index (χ1n) is 4.34. The summed E-state index contributed by atoms with van der Waals surface area (Å²) in [5, 5.41) is 10.6. The van der Waals surface area contributed by atoms with E-state index in [1.165, 1.54) is 18.3 Å². The zero-order valence-corrected chi connectivity index (χ0v) is 7.75. The van der Waals surface area contributed by atoms with Crippen LogP contribution in [0.2, 0.25) is 0 Å². The van der Waals surface area contributed by atoms with Gasteiger partial charge in [-0.25, -0.2) is 0 Å². The number of benzene rings is 1. The Morgan fingerprint density at radius 2 is 2.20 bits per heavy atom. The molecule has 2 aromatic rings. The van der Waals surface area contributed by atoms with Gasteiger partial charge in [0.05, 0.1) is 10.6 Å². The van der Waals surface area contributed by atoms with Crippen molar-refractivity contribution in [2.75, 3.05) is 0 Å². The van der Waals surface area contributed by atoms with Crippen LogP contribution in [0, 0.1) is 16.2 Å². The second-order valence-electron chi connectivity index (χ2n) is 2.95. The molecule has 0 atom stereocenters. The van der Waals surface area contributed by atoms with Crippen molar-refractivity contribution in [3.05, 3.63) is 58.8 Å². The van der Waals surface area contributed by atoms with Gasteiger partial charge < -0.3 is 0 Å². The van der Waals surface area contributed by atoms with Gasteiger partial charge in [0.2, 0.25) is 0 Å². The third kappa shape index (κ3) is 1.99. The zero-order chi connectivity index (χ0) is 10.7. The summed E-state index contributed by atoms with van der Waals surface area (Å²) in [5.41, 5.74) is 1.51. The van der Waals surface area contributed by atoms with Crippen LogP contribution < -0.4 is 0 Å². The molecule has 0 aliphatic carbocycles. The van der Waals surface area contributed by atoms with Crippen LogP contribution in [-0.4, -0.2) is 9.91 Å². The van der Waals surface area contributed by atoms with E-state index in [0.29, 0.717) is 5.69 Å². The Labute approximate surface area is 86.4 Å². The Balaban J connectivity index is 2.46. The topological polar surface area (TPSA) is 56.0 Å². The monoisotopic (exact) mass is 199 g/mol. The molecule has 1 aromatic heterocycles. The second-order valence-corrected chi connectivity index (χ2v) is 2.95. The number of nitro groups is 1. The lowest BCUT2D eigenvalue weighted by Gasteiger charge is -1.99. The highest BCUT2D eigenvalue weighted by Crippen LogP contribution is 2.21. The molecule has 0 bridgehead atoms. The summed E-state index contributed by atoms with van der Waals surface area (Å²) in [6, 6.07) is 12.7. The molecule has 0 fully saturated rings. The van der Waals surface area contributed by atoms with Gasteiger partial charge in [0, 0.05) is 30.0 Å². The fraction of sp³-hybridized carbons (Fsp3) is 0. The molecule has 4 nitrogen and oxygen atoms in total. The first kappa shape index (κ1) is 9.33. The Bertz CT molecular complexity index is 483. The summed E-state index contributed by atoms with van der Waals surface area (Å²) in [7, 11) is 0. The normalized spacial score (nSPS) is 9.87. The molecule has 4 heteroatoms. The maximum atomic E-state index is 10.6. The minimum absolute atomic E-state index is 0.0714. The van der Waals surface area contributed by atoms with Crippen molar-refractivity contribution in [3.8, 4) is 11.3 Å². The molecule has 1 aromatic carbocycles. The standard InChI is InChI=1S/C11H7N2O2/c14-13(15)10-5-3-4-9(8-10)11-6-1-2-7-12-11/h1,3-8H. The van der Waals surface area contributed by atoms with Crippen LogP contribution in [0.25, 0.3) is 11.3 Å². The van der Waals surface area contributed by atoms with Crippen LogP contribution in [0.3, 0.4) is 0 Å². The Morgan fingerprint density at radius 1 is 1.33 bits per heavy atom. The third-order valence-electron chi connectivity index (χ3n) is 1.97. The molecule has 0 unspecified atom stereocenters. The van der Waals surface area contributed by atoms with Crippen LogP contribution in [0.15, 0.2) is 42.6 Å². The summed E-state index contributed by atoms with van der Waals surface area (Å²) in [6.45, 7) is 0. The smallest absolute Gasteiger partial charge is 0.258 e. The van der Waals surface area contributed by atoms with Gasteiger partial charge in [0.1, 0.15) is 0 Å². The largest absolute Gasteiger partial charge is 0.270 e. The van der Waals surface area contributed by atoms with E-state index in [4.69, 9.17) is 0 Å². The molecule has 0 saturated heterocycles. The molecule has 0 aliphatic rings. The molecule has 0 amide bonds. The third-order valence-corrected chi connectivity index (χ3v) is 1.97. The lowest BCUT2D eigenvalue weighted by molar-refractivity contribution is -0.384. The van der Waals surface area contributed by atoms with Gasteiger partial charge in [-0.3, -0.25) is 15.1 Å². The molecule has 0 saturated carbocycles. The molecule has 1 heterocycles. The molecule has 73 valence electrons. The van der Waals surface area contributed by atoms with E-state index < -0.39 is 4.92 Å². The summed E-state index contributed by atoms with van der Waals surface area (Å²) in [4.78, 5) is 14.2. The van der Waals surface area contributed by atoms with E-state index >= 15 is 0 Å². The van der Waals surface area contributed by atoms with E-state index in [9.17, 15) is 10.1 Å². The molecule has 0 N–H and O–H groups in total. The highest BCUT2D eigenvalue weighted by molar-refractivity contribution is 5.61. The van der Waals surface area contributed by atoms with Crippen molar-refractivity contribution < 1.29 is 4.92 Å². The molecule has 0 aliphatic heterocycles. The fourth-order valence-electron chi connectivity index (χ4n) is 1.27. The maximum Gasteiger partial charge on any atom is 0.270 e. The molecule has 15 heavy (non-hydrogen) atoms. The second kappa shape index (κ2) is 3.88. The van der Waals surface area contributed by atoms with Crippen LogP contribution in [-0.2, 0) is 0 Å². The highest BCUT2D eigenvalue weighted by Gasteiger charge is 2.06. The minimum Gasteiger partial charge on any atom is -0.258 e. The van der Waals surface area contributed by atoms with Crippen LogP contribution in [0.1, 0.15) is 0 Å². The van der Waals surface area contributed by atoms with Gasteiger partial charge in [-0.05, 0) is 6.07 Å². The predicted octanol–water partition coefficient (Wildman–Crippen LogP) is 2.46. The minimum atomic E-state index is -0.418. The number of pyridine rings is 1. The summed E-state index contributed by atoms with van der Waals surface area (Å²) in [5.74, 6) is 0. The average molecular weight is 199 g/mol. The van der Waals surface area contributed by atoms with E-state index in [1.54, 1.807) is 24.3 Å². The van der Waals surface area contributed by atoms with Crippen molar-refractivity contribution in [1.82, 2.24) is 4.98 Å². The summed E-state index contributed by atoms with van der Waals surface area (Å²) >= 11 is 0. The highest BCUT2D eigenvalue weighted by atomic mass is 16.6. The Morgan fingerprint density at radius 3 is 2.87 bits per heavy atom. The van der Waals surface area contributed by atoms with Gasteiger partial charge in [-0.15, -0.1) is 0 Å². The molecule has 1 radical (unpaired) electrons. The van der Waals surface area contributed by atoms with Gasteiger partial charge in [0.15, 0.2) is 0 Å².